The van der Waals surface area contributed by atoms with E-state index in [9.17, 15) is 9.59 Å². The Bertz CT molecular complexity index is 990. The molecule has 1 atom stereocenters. The Labute approximate surface area is 196 Å². The van der Waals surface area contributed by atoms with Gasteiger partial charge in [-0.15, -0.1) is 0 Å². The fourth-order valence-electron chi connectivity index (χ4n) is 5.00. The summed E-state index contributed by atoms with van der Waals surface area (Å²) >= 11 is 0. The van der Waals surface area contributed by atoms with Crippen molar-refractivity contribution in [1.29, 1.82) is 0 Å². The molecule has 7 nitrogen and oxygen atoms in total. The number of carbonyl (C=O) groups excluding carboxylic acids is 2. The smallest absolute Gasteiger partial charge is 0.236 e. The first-order valence-electron chi connectivity index (χ1n) is 12.2. The molecule has 176 valence electrons. The largest absolute Gasteiger partial charge is 0.342 e. The standard InChI is InChI=1S/C26H35N5O2/c1-4-29(5-2)24(33)18-30-16-10-9-13-22(30)25-27-19(3)21-14-15-23(32)31(26(21)28-25)17-20-11-7-6-8-12-20/h6-8,11-12,22H,4-5,9-10,13-18H2,1-3H3/t22-/m0/s1. The van der Waals surface area contributed by atoms with Crippen molar-refractivity contribution in [3.8, 4) is 0 Å². The van der Waals surface area contributed by atoms with Crippen molar-refractivity contribution >= 4 is 17.6 Å². The van der Waals surface area contributed by atoms with Crippen molar-refractivity contribution in [1.82, 2.24) is 19.8 Å². The molecule has 0 saturated carbocycles. The van der Waals surface area contributed by atoms with Gasteiger partial charge in [0, 0.05) is 30.8 Å². The van der Waals surface area contributed by atoms with Gasteiger partial charge in [0.15, 0.2) is 0 Å². The summed E-state index contributed by atoms with van der Waals surface area (Å²) < 4.78 is 0. The Balaban J connectivity index is 1.64. The molecule has 0 aliphatic carbocycles. The maximum atomic E-state index is 12.9. The summed E-state index contributed by atoms with van der Waals surface area (Å²) in [5, 5.41) is 0. The van der Waals surface area contributed by atoms with Crippen LogP contribution in [0.2, 0.25) is 0 Å². The van der Waals surface area contributed by atoms with Gasteiger partial charge < -0.3 is 4.90 Å². The number of likely N-dealkylation sites (tertiary alicyclic amines) is 1. The van der Waals surface area contributed by atoms with Crippen molar-refractivity contribution in [3.63, 3.8) is 0 Å². The maximum absolute atomic E-state index is 12.9. The highest BCUT2D eigenvalue weighted by atomic mass is 16.2. The third-order valence-electron chi connectivity index (χ3n) is 6.90. The lowest BCUT2D eigenvalue weighted by atomic mass is 9.99. The number of fused-ring (bicyclic) bond motifs is 1. The first-order chi connectivity index (χ1) is 16.0. The summed E-state index contributed by atoms with van der Waals surface area (Å²) in [6.45, 7) is 9.26. The summed E-state index contributed by atoms with van der Waals surface area (Å²) in [6.07, 6.45) is 4.26. The molecule has 2 aliphatic heterocycles. The van der Waals surface area contributed by atoms with Crippen LogP contribution in [0.3, 0.4) is 0 Å². The Morgan fingerprint density at radius 1 is 1.09 bits per heavy atom. The monoisotopic (exact) mass is 449 g/mol. The molecule has 4 rings (SSSR count). The molecule has 2 aromatic rings. The summed E-state index contributed by atoms with van der Waals surface area (Å²) in [5.41, 5.74) is 3.10. The molecule has 1 aromatic heterocycles. The average Bonchev–Trinajstić information content (AvgIpc) is 2.82. The fourth-order valence-corrected chi connectivity index (χ4v) is 5.00. The minimum Gasteiger partial charge on any atom is -0.342 e. The van der Waals surface area contributed by atoms with Gasteiger partial charge in [0.05, 0.1) is 19.1 Å². The number of aryl methyl sites for hydroxylation is 1. The van der Waals surface area contributed by atoms with Crippen LogP contribution in [0, 0.1) is 6.92 Å². The van der Waals surface area contributed by atoms with Gasteiger partial charge in [-0.25, -0.2) is 9.97 Å². The molecule has 3 heterocycles. The molecule has 0 unspecified atom stereocenters. The lowest BCUT2D eigenvalue weighted by molar-refractivity contribution is -0.133. The molecule has 0 spiro atoms. The van der Waals surface area contributed by atoms with Crippen molar-refractivity contribution in [3.05, 3.63) is 53.0 Å². The van der Waals surface area contributed by atoms with Crippen LogP contribution < -0.4 is 4.90 Å². The predicted octanol–water partition coefficient (Wildman–Crippen LogP) is 3.66. The first kappa shape index (κ1) is 23.4. The highest BCUT2D eigenvalue weighted by Crippen LogP contribution is 2.34. The summed E-state index contributed by atoms with van der Waals surface area (Å²) in [6, 6.07) is 10.0. The van der Waals surface area contributed by atoms with Crippen LogP contribution in [0.5, 0.6) is 0 Å². The molecule has 2 aliphatic rings. The van der Waals surface area contributed by atoms with Crippen LogP contribution in [-0.4, -0.2) is 57.8 Å². The zero-order chi connectivity index (χ0) is 23.4. The second-order valence-electron chi connectivity index (χ2n) is 8.98. The number of piperidine rings is 1. The summed E-state index contributed by atoms with van der Waals surface area (Å²) in [5.74, 6) is 1.75. The van der Waals surface area contributed by atoms with Crippen molar-refractivity contribution in [2.24, 2.45) is 0 Å². The van der Waals surface area contributed by atoms with Crippen LogP contribution in [0.1, 0.15) is 68.2 Å². The van der Waals surface area contributed by atoms with Gasteiger partial charge in [0.25, 0.3) is 0 Å². The highest BCUT2D eigenvalue weighted by Gasteiger charge is 2.33. The molecule has 2 amide bonds. The van der Waals surface area contributed by atoms with E-state index < -0.39 is 0 Å². The molecule has 1 aromatic carbocycles. The molecular weight excluding hydrogens is 414 g/mol. The lowest BCUT2D eigenvalue weighted by Crippen LogP contribution is -2.44. The van der Waals surface area contributed by atoms with Gasteiger partial charge in [-0.1, -0.05) is 36.8 Å². The number of nitrogens with zero attached hydrogens (tertiary/aromatic N) is 5. The van der Waals surface area contributed by atoms with E-state index in [2.05, 4.69) is 4.90 Å². The fraction of sp³-hybridized carbons (Fsp3) is 0.538. The quantitative estimate of drug-likeness (QED) is 0.645. The van der Waals surface area contributed by atoms with E-state index in [4.69, 9.17) is 9.97 Å². The lowest BCUT2D eigenvalue weighted by Gasteiger charge is -2.36. The Morgan fingerprint density at radius 2 is 1.85 bits per heavy atom. The van der Waals surface area contributed by atoms with E-state index in [1.165, 1.54) is 0 Å². The van der Waals surface area contributed by atoms with E-state index in [1.54, 1.807) is 0 Å². The third kappa shape index (κ3) is 5.08. The number of hydrogen-bond donors (Lipinski definition) is 0. The third-order valence-corrected chi connectivity index (χ3v) is 6.90. The number of rotatable bonds is 7. The number of likely N-dealkylation sites (N-methyl/N-ethyl adjacent to an activating group) is 1. The molecule has 7 heteroatoms. The predicted molar refractivity (Wildman–Crippen MR) is 129 cm³/mol. The molecule has 1 saturated heterocycles. The van der Waals surface area contributed by atoms with E-state index >= 15 is 0 Å². The highest BCUT2D eigenvalue weighted by molar-refractivity contribution is 5.95. The van der Waals surface area contributed by atoms with E-state index in [0.717, 1.165) is 67.4 Å². The second kappa shape index (κ2) is 10.4. The average molecular weight is 450 g/mol. The molecule has 33 heavy (non-hydrogen) atoms. The van der Waals surface area contributed by atoms with Gasteiger partial charge in [0.1, 0.15) is 11.6 Å². The van der Waals surface area contributed by atoms with Crippen molar-refractivity contribution < 1.29 is 9.59 Å². The number of carbonyl (C=O) groups is 2. The Morgan fingerprint density at radius 3 is 2.58 bits per heavy atom. The van der Waals surface area contributed by atoms with Crippen LogP contribution in [0.4, 0.5) is 5.82 Å². The number of benzene rings is 1. The minimum absolute atomic E-state index is 0.00198. The van der Waals surface area contributed by atoms with Gasteiger partial charge in [-0.2, -0.15) is 0 Å². The van der Waals surface area contributed by atoms with Gasteiger partial charge in [0.2, 0.25) is 11.8 Å². The second-order valence-corrected chi connectivity index (χ2v) is 8.98. The summed E-state index contributed by atoms with van der Waals surface area (Å²) in [7, 11) is 0. The first-order valence-corrected chi connectivity index (χ1v) is 12.2. The topological polar surface area (TPSA) is 69.6 Å². The van der Waals surface area contributed by atoms with Crippen LogP contribution in [0.25, 0.3) is 0 Å². The minimum atomic E-state index is -0.00198. The Hall–Kier alpha value is -2.80. The number of anilines is 1. The van der Waals surface area contributed by atoms with E-state index in [0.29, 0.717) is 25.9 Å². The number of amides is 2. The van der Waals surface area contributed by atoms with E-state index in [-0.39, 0.29) is 17.9 Å². The number of aromatic nitrogens is 2. The SMILES string of the molecule is CCN(CC)C(=O)CN1CCCC[C@H]1c1nc(C)c2c(n1)N(Cc1ccccc1)C(=O)CC2. The zero-order valence-electron chi connectivity index (χ0n) is 20.1. The van der Waals surface area contributed by atoms with Crippen LogP contribution >= 0.6 is 0 Å². The van der Waals surface area contributed by atoms with Gasteiger partial charge >= 0.3 is 0 Å². The number of hydrogen-bond acceptors (Lipinski definition) is 5. The maximum Gasteiger partial charge on any atom is 0.236 e. The molecule has 0 radical (unpaired) electrons. The van der Waals surface area contributed by atoms with Gasteiger partial charge in [-0.3, -0.25) is 19.4 Å². The van der Waals surface area contributed by atoms with Crippen molar-refractivity contribution in [2.75, 3.05) is 31.1 Å². The Kier molecular flexibility index (Phi) is 7.38. The van der Waals surface area contributed by atoms with Gasteiger partial charge in [-0.05, 0) is 52.1 Å². The normalized spacial score (nSPS) is 18.8. The molecular formula is C26H35N5O2. The van der Waals surface area contributed by atoms with Crippen LogP contribution in [-0.2, 0) is 22.6 Å². The zero-order valence-corrected chi connectivity index (χ0v) is 20.1. The van der Waals surface area contributed by atoms with Crippen molar-refractivity contribution in [2.45, 2.75) is 65.5 Å². The molecule has 0 N–H and O–H groups in total. The summed E-state index contributed by atoms with van der Waals surface area (Å²) in [4.78, 5) is 41.6. The molecule has 1 fully saturated rings. The van der Waals surface area contributed by atoms with E-state index in [1.807, 2.05) is 60.9 Å². The molecule has 0 bridgehead atoms. The van der Waals surface area contributed by atoms with Crippen LogP contribution in [0.15, 0.2) is 30.3 Å².